The van der Waals surface area contributed by atoms with Gasteiger partial charge in [0.25, 0.3) is 5.91 Å². The minimum absolute atomic E-state index is 0.146. The van der Waals surface area contributed by atoms with Gasteiger partial charge < -0.3 is 10.1 Å². The second-order valence-corrected chi connectivity index (χ2v) is 6.11. The highest BCUT2D eigenvalue weighted by molar-refractivity contribution is 6.31. The number of aromatic nitrogens is 2. The number of benzene rings is 2. The smallest absolute Gasteiger partial charge is 0.266 e. The van der Waals surface area contributed by atoms with Gasteiger partial charge in [0, 0.05) is 16.1 Å². The Morgan fingerprint density at radius 3 is 2.75 bits per heavy atom. The number of H-pyrrole nitrogens is 1. The minimum Gasteiger partial charge on any atom is -0.495 e. The standard InChI is InChI=1S/C20H14ClFN4O2/c1-28-18-7-4-15(21)9-17(18)25-20(27)13(10-23)8-14-11-24-26-19(14)12-2-5-16(22)6-3-12/h2-9,11H,1H3,(H,24,26)(H,25,27). The van der Waals surface area contributed by atoms with Crippen molar-refractivity contribution in [1.82, 2.24) is 10.2 Å². The van der Waals surface area contributed by atoms with Crippen molar-refractivity contribution in [2.45, 2.75) is 0 Å². The number of amides is 1. The number of rotatable bonds is 5. The molecule has 8 heteroatoms. The maximum absolute atomic E-state index is 13.1. The monoisotopic (exact) mass is 396 g/mol. The molecule has 0 saturated heterocycles. The minimum atomic E-state index is -0.630. The van der Waals surface area contributed by atoms with Crippen LogP contribution in [0.2, 0.25) is 5.02 Å². The molecule has 0 spiro atoms. The van der Waals surface area contributed by atoms with Crippen molar-refractivity contribution in [2.75, 3.05) is 12.4 Å². The summed E-state index contributed by atoms with van der Waals surface area (Å²) in [5.74, 6) is -0.590. The van der Waals surface area contributed by atoms with E-state index < -0.39 is 5.91 Å². The van der Waals surface area contributed by atoms with E-state index in [4.69, 9.17) is 16.3 Å². The van der Waals surface area contributed by atoms with Crippen molar-refractivity contribution in [1.29, 1.82) is 5.26 Å². The van der Waals surface area contributed by atoms with Crippen LogP contribution in [0.3, 0.4) is 0 Å². The third-order valence-corrected chi connectivity index (χ3v) is 4.11. The molecule has 1 amide bonds. The summed E-state index contributed by atoms with van der Waals surface area (Å²) in [5, 5.41) is 19.2. The fourth-order valence-corrected chi connectivity index (χ4v) is 2.70. The van der Waals surface area contributed by atoms with Crippen LogP contribution in [0.1, 0.15) is 5.56 Å². The number of carbonyl (C=O) groups excluding carboxylic acids is 1. The van der Waals surface area contributed by atoms with E-state index in [1.54, 1.807) is 24.3 Å². The third-order valence-electron chi connectivity index (χ3n) is 3.88. The Labute approximate surface area is 165 Å². The molecule has 0 radical (unpaired) electrons. The van der Waals surface area contributed by atoms with Gasteiger partial charge in [0.15, 0.2) is 0 Å². The molecule has 0 atom stereocenters. The second kappa shape index (κ2) is 8.37. The maximum Gasteiger partial charge on any atom is 0.266 e. The summed E-state index contributed by atoms with van der Waals surface area (Å²) >= 11 is 5.96. The molecule has 0 fully saturated rings. The number of halogens is 2. The maximum atomic E-state index is 13.1. The first-order valence-electron chi connectivity index (χ1n) is 8.08. The van der Waals surface area contributed by atoms with Crippen LogP contribution in [-0.2, 0) is 4.79 Å². The van der Waals surface area contributed by atoms with Gasteiger partial charge in [-0.2, -0.15) is 10.4 Å². The Balaban J connectivity index is 1.90. The number of carbonyl (C=O) groups is 1. The summed E-state index contributed by atoms with van der Waals surface area (Å²) in [7, 11) is 1.46. The van der Waals surface area contributed by atoms with Gasteiger partial charge in [0.1, 0.15) is 23.2 Å². The quantitative estimate of drug-likeness (QED) is 0.493. The normalized spacial score (nSPS) is 11.0. The molecule has 0 bridgehead atoms. The largest absolute Gasteiger partial charge is 0.495 e. The molecule has 3 rings (SSSR count). The van der Waals surface area contributed by atoms with E-state index in [2.05, 4.69) is 15.5 Å². The van der Waals surface area contributed by atoms with Gasteiger partial charge in [0.05, 0.1) is 24.7 Å². The lowest BCUT2D eigenvalue weighted by atomic mass is 10.1. The van der Waals surface area contributed by atoms with Crippen molar-refractivity contribution in [3.63, 3.8) is 0 Å². The Morgan fingerprint density at radius 2 is 2.07 bits per heavy atom. The lowest BCUT2D eigenvalue weighted by Gasteiger charge is -2.10. The molecule has 28 heavy (non-hydrogen) atoms. The number of methoxy groups -OCH3 is 1. The predicted octanol–water partition coefficient (Wildman–Crippen LogP) is 4.42. The van der Waals surface area contributed by atoms with Gasteiger partial charge in [-0.1, -0.05) is 11.6 Å². The fourth-order valence-electron chi connectivity index (χ4n) is 2.52. The van der Waals surface area contributed by atoms with Crippen molar-refractivity contribution < 1.29 is 13.9 Å². The van der Waals surface area contributed by atoms with Crippen LogP contribution in [0, 0.1) is 17.1 Å². The van der Waals surface area contributed by atoms with Gasteiger partial charge >= 0.3 is 0 Å². The molecule has 140 valence electrons. The van der Waals surface area contributed by atoms with Gasteiger partial charge in [-0.25, -0.2) is 4.39 Å². The number of nitrogens with zero attached hydrogens (tertiary/aromatic N) is 2. The van der Waals surface area contributed by atoms with Crippen molar-refractivity contribution >= 4 is 29.3 Å². The fraction of sp³-hybridized carbons (Fsp3) is 0.0500. The number of anilines is 1. The zero-order valence-electron chi connectivity index (χ0n) is 14.7. The third kappa shape index (κ3) is 4.19. The van der Waals surface area contributed by atoms with E-state index in [-0.39, 0.29) is 11.4 Å². The number of ether oxygens (including phenoxy) is 1. The second-order valence-electron chi connectivity index (χ2n) is 5.68. The molecule has 0 saturated carbocycles. The average Bonchev–Trinajstić information content (AvgIpc) is 3.15. The van der Waals surface area contributed by atoms with Crippen molar-refractivity contribution in [2.24, 2.45) is 0 Å². The van der Waals surface area contributed by atoms with Crippen LogP contribution in [0.5, 0.6) is 5.75 Å². The summed E-state index contributed by atoms with van der Waals surface area (Å²) in [6.07, 6.45) is 2.87. The topological polar surface area (TPSA) is 90.8 Å². The lowest BCUT2D eigenvalue weighted by Crippen LogP contribution is -2.14. The zero-order valence-corrected chi connectivity index (χ0v) is 15.4. The van der Waals surface area contributed by atoms with Crippen LogP contribution >= 0.6 is 11.6 Å². The van der Waals surface area contributed by atoms with Crippen LogP contribution in [0.25, 0.3) is 17.3 Å². The van der Waals surface area contributed by atoms with Gasteiger partial charge in [-0.05, 0) is 48.5 Å². The first-order valence-corrected chi connectivity index (χ1v) is 8.45. The van der Waals surface area contributed by atoms with E-state index in [1.165, 1.54) is 37.6 Å². The lowest BCUT2D eigenvalue weighted by molar-refractivity contribution is -0.112. The Kier molecular flexibility index (Phi) is 5.72. The molecule has 0 aliphatic carbocycles. The van der Waals surface area contributed by atoms with Gasteiger partial charge in [0.2, 0.25) is 0 Å². The highest BCUT2D eigenvalue weighted by atomic mass is 35.5. The number of aromatic amines is 1. The number of hydrogen-bond acceptors (Lipinski definition) is 4. The van der Waals surface area contributed by atoms with Crippen LogP contribution in [-0.4, -0.2) is 23.2 Å². The van der Waals surface area contributed by atoms with Crippen molar-refractivity contribution in [3.8, 4) is 23.1 Å². The molecule has 0 aliphatic rings. The highest BCUT2D eigenvalue weighted by Gasteiger charge is 2.15. The molecular formula is C20H14ClFN4O2. The molecule has 2 N–H and O–H groups in total. The first-order chi connectivity index (χ1) is 13.5. The molecule has 1 aromatic heterocycles. The number of nitrogens with one attached hydrogen (secondary N) is 2. The van der Waals surface area contributed by atoms with E-state index in [9.17, 15) is 14.4 Å². The van der Waals surface area contributed by atoms with E-state index in [1.807, 2.05) is 6.07 Å². The predicted molar refractivity (Wildman–Crippen MR) is 104 cm³/mol. The average molecular weight is 397 g/mol. The Morgan fingerprint density at radius 1 is 1.32 bits per heavy atom. The highest BCUT2D eigenvalue weighted by Crippen LogP contribution is 2.28. The Bertz CT molecular complexity index is 1080. The van der Waals surface area contributed by atoms with Gasteiger partial charge in [-0.3, -0.25) is 9.89 Å². The van der Waals surface area contributed by atoms with Crippen LogP contribution in [0.15, 0.2) is 54.2 Å². The summed E-state index contributed by atoms with van der Waals surface area (Å²) in [5.41, 5.74) is 1.93. The summed E-state index contributed by atoms with van der Waals surface area (Å²) in [6, 6.07) is 12.4. The zero-order chi connectivity index (χ0) is 20.1. The molecule has 2 aromatic carbocycles. The molecule has 0 aliphatic heterocycles. The summed E-state index contributed by atoms with van der Waals surface area (Å²) < 4.78 is 18.3. The SMILES string of the molecule is COc1ccc(Cl)cc1NC(=O)C(C#N)=Cc1cn[nH]c1-c1ccc(F)cc1. The molecule has 6 nitrogen and oxygen atoms in total. The summed E-state index contributed by atoms with van der Waals surface area (Å²) in [6.45, 7) is 0. The number of hydrogen-bond donors (Lipinski definition) is 2. The van der Waals surface area contributed by atoms with E-state index >= 15 is 0 Å². The van der Waals surface area contributed by atoms with E-state index in [0.29, 0.717) is 33.3 Å². The van der Waals surface area contributed by atoms with Gasteiger partial charge in [-0.15, -0.1) is 0 Å². The first kappa shape index (κ1) is 19.1. The molecular weight excluding hydrogens is 383 g/mol. The molecule has 0 unspecified atom stereocenters. The van der Waals surface area contributed by atoms with E-state index in [0.717, 1.165) is 0 Å². The molecule has 3 aromatic rings. The van der Waals surface area contributed by atoms with Crippen LogP contribution in [0.4, 0.5) is 10.1 Å². The Hall–Kier alpha value is -3.63. The molecule has 1 heterocycles. The van der Waals surface area contributed by atoms with Crippen LogP contribution < -0.4 is 10.1 Å². The number of nitriles is 1. The summed E-state index contributed by atoms with van der Waals surface area (Å²) in [4.78, 5) is 12.6. The van der Waals surface area contributed by atoms with Crippen molar-refractivity contribution in [3.05, 3.63) is 70.6 Å².